The molecule has 1 saturated heterocycles. The molecule has 0 saturated carbocycles. The van der Waals surface area contributed by atoms with Crippen LogP contribution >= 0.6 is 12.4 Å². The molecule has 0 bridgehead atoms. The Balaban J connectivity index is 0.00000208. The van der Waals surface area contributed by atoms with Gasteiger partial charge in [-0.15, -0.1) is 12.4 Å². The zero-order valence-electron chi connectivity index (χ0n) is 14.9. The molecule has 0 spiro atoms. The molecule has 1 aliphatic heterocycles. The fourth-order valence-corrected chi connectivity index (χ4v) is 3.56. The molecular formula is C19H29ClN4. The minimum absolute atomic E-state index is 0. The van der Waals surface area contributed by atoms with Crippen LogP contribution in [0.2, 0.25) is 0 Å². The molecule has 5 heteroatoms. The smallest absolute Gasteiger partial charge is 0.0568 e. The predicted octanol–water partition coefficient (Wildman–Crippen LogP) is 3.38. The maximum Gasteiger partial charge on any atom is 0.0568 e. The first-order valence-electron chi connectivity index (χ1n) is 8.59. The predicted molar refractivity (Wildman–Crippen MR) is 102 cm³/mol. The second-order valence-electron chi connectivity index (χ2n) is 7.06. The van der Waals surface area contributed by atoms with Gasteiger partial charge in [0.2, 0.25) is 0 Å². The molecule has 0 radical (unpaired) electrons. The molecule has 2 N–H and O–H groups in total. The van der Waals surface area contributed by atoms with Crippen molar-refractivity contribution in [1.29, 1.82) is 0 Å². The van der Waals surface area contributed by atoms with Crippen LogP contribution in [0.15, 0.2) is 30.6 Å². The van der Waals surface area contributed by atoms with Crippen LogP contribution in [0.3, 0.4) is 0 Å². The van der Waals surface area contributed by atoms with Gasteiger partial charge in [0.15, 0.2) is 0 Å². The Kier molecular flexibility index (Phi) is 6.44. The number of halogens is 1. The zero-order chi connectivity index (χ0) is 16.4. The van der Waals surface area contributed by atoms with Crippen LogP contribution in [0.5, 0.6) is 0 Å². The van der Waals surface area contributed by atoms with Crippen LogP contribution < -0.4 is 5.73 Å². The largest absolute Gasteiger partial charge is 0.328 e. The van der Waals surface area contributed by atoms with Crippen LogP contribution in [0.25, 0.3) is 11.1 Å². The Labute approximate surface area is 151 Å². The van der Waals surface area contributed by atoms with Gasteiger partial charge in [-0.1, -0.05) is 23.8 Å². The molecule has 2 atom stereocenters. The van der Waals surface area contributed by atoms with Crippen LogP contribution in [-0.4, -0.2) is 33.8 Å². The molecule has 1 aliphatic rings. The summed E-state index contributed by atoms with van der Waals surface area (Å²) in [7, 11) is 1.97. The fraction of sp³-hybridized carbons (Fsp3) is 0.526. The lowest BCUT2D eigenvalue weighted by Crippen LogP contribution is -2.41. The average molecular weight is 349 g/mol. The Bertz CT molecular complexity index is 665. The number of aromatic nitrogens is 2. The van der Waals surface area contributed by atoms with Gasteiger partial charge in [-0.25, -0.2) is 0 Å². The summed E-state index contributed by atoms with van der Waals surface area (Å²) >= 11 is 0. The maximum absolute atomic E-state index is 6.13. The second kappa shape index (κ2) is 8.15. The molecule has 2 aromatic rings. The van der Waals surface area contributed by atoms with Crippen molar-refractivity contribution in [3.63, 3.8) is 0 Å². The van der Waals surface area contributed by atoms with Crippen LogP contribution in [0, 0.1) is 12.8 Å². The summed E-state index contributed by atoms with van der Waals surface area (Å²) in [6, 6.07) is 7.04. The highest BCUT2D eigenvalue weighted by atomic mass is 35.5. The van der Waals surface area contributed by atoms with Crippen molar-refractivity contribution in [2.75, 3.05) is 13.1 Å². The minimum atomic E-state index is 0. The van der Waals surface area contributed by atoms with E-state index < -0.39 is 0 Å². The summed E-state index contributed by atoms with van der Waals surface area (Å²) in [5.74, 6) is 0.621. The second-order valence-corrected chi connectivity index (χ2v) is 7.06. The molecule has 24 heavy (non-hydrogen) atoms. The molecule has 0 amide bonds. The van der Waals surface area contributed by atoms with E-state index in [4.69, 9.17) is 5.73 Å². The summed E-state index contributed by atoms with van der Waals surface area (Å²) in [4.78, 5) is 2.56. The number of hydrogen-bond donors (Lipinski definition) is 1. The summed E-state index contributed by atoms with van der Waals surface area (Å²) in [6.45, 7) is 7.56. The van der Waals surface area contributed by atoms with E-state index in [1.165, 1.54) is 41.6 Å². The van der Waals surface area contributed by atoms with Gasteiger partial charge in [0, 0.05) is 37.9 Å². The van der Waals surface area contributed by atoms with E-state index in [1.54, 1.807) is 0 Å². The topological polar surface area (TPSA) is 47.1 Å². The number of hydrogen-bond acceptors (Lipinski definition) is 3. The summed E-state index contributed by atoms with van der Waals surface area (Å²) in [6.07, 6.45) is 6.57. The van der Waals surface area contributed by atoms with Gasteiger partial charge in [-0.2, -0.15) is 5.10 Å². The van der Waals surface area contributed by atoms with Gasteiger partial charge < -0.3 is 5.73 Å². The van der Waals surface area contributed by atoms with Crippen molar-refractivity contribution < 1.29 is 0 Å². The number of nitrogens with zero attached hydrogens (tertiary/aromatic N) is 3. The van der Waals surface area contributed by atoms with E-state index >= 15 is 0 Å². The summed E-state index contributed by atoms with van der Waals surface area (Å²) in [5, 5.41) is 4.33. The Morgan fingerprint density at radius 2 is 2.17 bits per heavy atom. The third-order valence-electron chi connectivity index (χ3n) is 4.96. The molecular weight excluding hydrogens is 320 g/mol. The molecule has 1 aromatic heterocycles. The van der Waals surface area contributed by atoms with Crippen molar-refractivity contribution in [2.24, 2.45) is 18.7 Å². The highest BCUT2D eigenvalue weighted by Crippen LogP contribution is 2.27. The molecule has 1 fully saturated rings. The van der Waals surface area contributed by atoms with Crippen LogP contribution in [0.1, 0.15) is 30.9 Å². The number of rotatable bonds is 4. The van der Waals surface area contributed by atoms with Gasteiger partial charge in [-0.3, -0.25) is 9.58 Å². The van der Waals surface area contributed by atoms with E-state index in [-0.39, 0.29) is 18.4 Å². The summed E-state index contributed by atoms with van der Waals surface area (Å²) in [5.41, 5.74) is 11.3. The lowest BCUT2D eigenvalue weighted by molar-refractivity contribution is 0.154. The van der Waals surface area contributed by atoms with Gasteiger partial charge in [0.1, 0.15) is 0 Å². The quantitative estimate of drug-likeness (QED) is 0.921. The SMILES string of the molecule is Cc1ccc(CN2CCCC(C(C)N)C2)c(-c2cnn(C)c2)c1.Cl. The third kappa shape index (κ3) is 4.38. The van der Waals surface area contributed by atoms with Crippen molar-refractivity contribution in [3.05, 3.63) is 41.7 Å². The van der Waals surface area contributed by atoms with Crippen LogP contribution in [0.4, 0.5) is 0 Å². The number of nitrogens with two attached hydrogens (primary N) is 1. The average Bonchev–Trinajstić information content (AvgIpc) is 2.96. The fourth-order valence-electron chi connectivity index (χ4n) is 3.56. The molecule has 2 heterocycles. The van der Waals surface area contributed by atoms with E-state index in [9.17, 15) is 0 Å². The van der Waals surface area contributed by atoms with Gasteiger partial charge in [-0.05, 0) is 50.3 Å². The first-order chi connectivity index (χ1) is 11.0. The monoisotopic (exact) mass is 348 g/mol. The van der Waals surface area contributed by atoms with Gasteiger partial charge >= 0.3 is 0 Å². The lowest BCUT2D eigenvalue weighted by Gasteiger charge is -2.35. The van der Waals surface area contributed by atoms with E-state index in [0.29, 0.717) is 5.92 Å². The van der Waals surface area contributed by atoms with Gasteiger partial charge in [0.05, 0.1) is 6.20 Å². The van der Waals surface area contributed by atoms with Gasteiger partial charge in [0.25, 0.3) is 0 Å². The lowest BCUT2D eigenvalue weighted by atomic mass is 9.91. The van der Waals surface area contributed by atoms with Crippen molar-refractivity contribution >= 4 is 12.4 Å². The van der Waals surface area contributed by atoms with Crippen LogP contribution in [-0.2, 0) is 13.6 Å². The van der Waals surface area contributed by atoms with Crippen molar-refractivity contribution in [2.45, 2.75) is 39.3 Å². The third-order valence-corrected chi connectivity index (χ3v) is 4.96. The van der Waals surface area contributed by atoms with E-state index in [0.717, 1.165) is 13.1 Å². The first kappa shape index (κ1) is 19.0. The van der Waals surface area contributed by atoms with Crippen molar-refractivity contribution in [3.8, 4) is 11.1 Å². The van der Waals surface area contributed by atoms with Crippen molar-refractivity contribution in [1.82, 2.24) is 14.7 Å². The Morgan fingerprint density at radius 1 is 1.38 bits per heavy atom. The molecule has 1 aromatic carbocycles. The van der Waals surface area contributed by atoms with E-state index in [2.05, 4.69) is 48.2 Å². The normalized spacial score (nSPS) is 19.8. The minimum Gasteiger partial charge on any atom is -0.328 e. The molecule has 3 rings (SSSR count). The number of piperidine rings is 1. The zero-order valence-corrected chi connectivity index (χ0v) is 15.7. The Morgan fingerprint density at radius 3 is 2.83 bits per heavy atom. The first-order valence-corrected chi connectivity index (χ1v) is 8.59. The highest BCUT2D eigenvalue weighted by molar-refractivity contribution is 5.85. The molecule has 132 valence electrons. The van der Waals surface area contributed by atoms with E-state index in [1.807, 2.05) is 17.9 Å². The number of likely N-dealkylation sites (tertiary alicyclic amines) is 1. The Hall–Kier alpha value is -1.36. The maximum atomic E-state index is 6.13. The molecule has 0 aliphatic carbocycles. The number of aryl methyl sites for hydroxylation is 2. The number of benzene rings is 1. The molecule has 4 nitrogen and oxygen atoms in total. The standard InChI is InChI=1S/C19H28N4.ClH/c1-14-6-7-17(19(9-14)18-10-21-22(3)11-18)13-23-8-4-5-16(12-23)15(2)20;/h6-7,9-11,15-16H,4-5,8,12-13,20H2,1-3H3;1H. The summed E-state index contributed by atoms with van der Waals surface area (Å²) < 4.78 is 1.87. The highest BCUT2D eigenvalue weighted by Gasteiger charge is 2.23. The molecule has 2 unspecified atom stereocenters.